The van der Waals surface area contributed by atoms with Crippen LogP contribution >= 0.6 is 0 Å². The van der Waals surface area contributed by atoms with E-state index < -0.39 is 57.0 Å². The van der Waals surface area contributed by atoms with E-state index in [2.05, 4.69) is 20.4 Å². The first kappa shape index (κ1) is 55.9. The van der Waals surface area contributed by atoms with Gasteiger partial charge in [0.1, 0.15) is 11.6 Å². The number of carbonyl (C=O) groups is 8. The monoisotopic (exact) mass is 1120 g/mol. The fourth-order valence-corrected chi connectivity index (χ4v) is 15.8. The summed E-state index contributed by atoms with van der Waals surface area (Å²) in [6.07, 6.45) is 5.86. The molecule has 0 unspecified atom stereocenters. The molecule has 2 saturated heterocycles. The predicted octanol–water partition coefficient (Wildman–Crippen LogP) is 4.24. The largest absolute Gasteiger partial charge is 0.477 e. The summed E-state index contributed by atoms with van der Waals surface area (Å²) in [7, 11) is 0. The number of ether oxygens (including phenoxy) is 5. The summed E-state index contributed by atoms with van der Waals surface area (Å²) >= 11 is 0. The third-order valence-corrected chi connectivity index (χ3v) is 20.3. The lowest BCUT2D eigenvalue weighted by atomic mass is 9.49. The highest BCUT2D eigenvalue weighted by molar-refractivity contribution is 5.94. The van der Waals surface area contributed by atoms with Crippen molar-refractivity contribution in [2.75, 3.05) is 52.5 Å². The molecule has 8 atom stereocenters. The molecule has 4 aliphatic heterocycles. The average molecular weight is 1120 g/mol. The SMILES string of the molecule is CC(C)(CC(=O)CCC(=O)NCCOCCNC(=O)CCC(=O)CC(C)(C)C(=O)Oc1ccc2c3c1O[C@H]1C(=O)CC[C@@]4(O)[C@@H](C2)N(CC2CC2)CC[C@]314)C(=O)Oc1ccc2c3c1O[C@H]1C(=O)CC[C@@]4(O)[C@@H](C2)N(CC2CC2)CC[C@]314. The smallest absolute Gasteiger partial charge is 0.317 e. The number of ketones is 4. The number of nitrogens with one attached hydrogen (secondary N) is 2. The Balaban J connectivity index is 0.542. The van der Waals surface area contributed by atoms with E-state index in [1.165, 1.54) is 25.7 Å². The first-order chi connectivity index (χ1) is 38.6. The molecular formula is C62H78N4O15. The molecule has 4 heterocycles. The molecule has 81 heavy (non-hydrogen) atoms. The lowest BCUT2D eigenvalue weighted by Gasteiger charge is -2.62. The maximum absolute atomic E-state index is 13.7. The maximum Gasteiger partial charge on any atom is 0.317 e. The number of piperidine rings is 2. The van der Waals surface area contributed by atoms with Crippen molar-refractivity contribution in [1.82, 2.24) is 20.4 Å². The van der Waals surface area contributed by atoms with Crippen molar-refractivity contribution >= 4 is 46.9 Å². The molecular weight excluding hydrogens is 1040 g/mol. The molecule has 0 aromatic heterocycles. The van der Waals surface area contributed by atoms with Crippen LogP contribution in [0.4, 0.5) is 0 Å². The minimum absolute atomic E-state index is 0.0574. The van der Waals surface area contributed by atoms with Gasteiger partial charge in [-0.25, -0.2) is 0 Å². The van der Waals surface area contributed by atoms with Crippen LogP contribution in [0.1, 0.15) is 153 Å². The quantitative estimate of drug-likeness (QED) is 0.0652. The summed E-state index contributed by atoms with van der Waals surface area (Å²) in [6.45, 7) is 10.4. The molecule has 436 valence electrons. The van der Waals surface area contributed by atoms with Gasteiger partial charge < -0.3 is 44.5 Å². The minimum atomic E-state index is -1.25. The van der Waals surface area contributed by atoms with Crippen LogP contribution in [0.3, 0.4) is 0 Å². The molecule has 4 saturated carbocycles. The first-order valence-corrected chi connectivity index (χ1v) is 29.8. The lowest BCUT2D eigenvalue weighted by Crippen LogP contribution is -2.76. The number of Topliss-reactive ketones (excluding diaryl/α,β-unsaturated/α-hetero) is 4. The number of hydrogen-bond acceptors (Lipinski definition) is 17. The van der Waals surface area contributed by atoms with Gasteiger partial charge in [-0.05, 0) is 140 Å². The summed E-state index contributed by atoms with van der Waals surface area (Å²) in [5.41, 5.74) is -3.09. The Morgan fingerprint density at radius 2 is 1.01 bits per heavy atom. The van der Waals surface area contributed by atoms with Gasteiger partial charge in [-0.3, -0.25) is 48.2 Å². The summed E-state index contributed by atoms with van der Waals surface area (Å²) in [5, 5.41) is 30.6. The number of aliphatic hydroxyl groups is 2. The van der Waals surface area contributed by atoms with Crippen molar-refractivity contribution in [1.29, 1.82) is 0 Å². The van der Waals surface area contributed by atoms with Gasteiger partial charge in [0.25, 0.3) is 0 Å². The maximum atomic E-state index is 13.7. The molecule has 2 aromatic rings. The van der Waals surface area contributed by atoms with E-state index in [0.717, 1.165) is 48.4 Å². The van der Waals surface area contributed by atoms with E-state index in [4.69, 9.17) is 23.7 Å². The number of carbonyl (C=O) groups excluding carboxylic acids is 8. The standard InChI is InChI=1S/C62H78N4O15/c1-57(2,55(73)78-43-13-9-37-29-45-61(75)19-17-41(69)53-59(61,49(37)51(43)80-53)21-25-65(45)33-35-5-6-35)31-39(67)11-15-47(71)63-23-27-77-28-24-64-48(72)16-12-40(68)32-58(3,4)56(74)79-44-14-10-38-30-46-62(76)20-18-42(70)54-60(62,50(38)52(44)81-54)22-26-66(46)34-36-7-8-36/h9-10,13-14,35-36,45-46,53-54,75-76H,5-8,11-12,15-34H2,1-4H3,(H,63,71)(H,64,72)/t45-,46-,53+,54+,59+,60+,61-,62-/m1/s1. The molecule has 2 amide bonds. The van der Waals surface area contributed by atoms with Gasteiger partial charge in [0.2, 0.25) is 11.8 Å². The van der Waals surface area contributed by atoms with E-state index in [0.29, 0.717) is 61.9 Å². The molecule has 6 aliphatic carbocycles. The number of nitrogens with zero attached hydrogens (tertiary/aromatic N) is 2. The molecule has 2 aromatic carbocycles. The van der Waals surface area contributed by atoms with Crippen molar-refractivity contribution < 1.29 is 72.3 Å². The second-order valence-corrected chi connectivity index (χ2v) is 26.7. The zero-order chi connectivity index (χ0) is 57.0. The van der Waals surface area contributed by atoms with Gasteiger partial charge >= 0.3 is 11.9 Å². The molecule has 19 heteroatoms. The summed E-state index contributed by atoms with van der Waals surface area (Å²) in [5.74, 6) is -0.472. The van der Waals surface area contributed by atoms with E-state index in [1.807, 2.05) is 12.1 Å². The topological polar surface area (TPSA) is 254 Å². The second-order valence-electron chi connectivity index (χ2n) is 26.7. The second kappa shape index (κ2) is 20.6. The van der Waals surface area contributed by atoms with Gasteiger partial charge in [0, 0.05) is 101 Å². The lowest BCUT2D eigenvalue weighted by molar-refractivity contribution is -0.188. The summed E-state index contributed by atoms with van der Waals surface area (Å²) in [6, 6.07) is 6.98. The van der Waals surface area contributed by atoms with E-state index in [-0.39, 0.29) is 136 Å². The van der Waals surface area contributed by atoms with Crippen molar-refractivity contribution in [2.24, 2.45) is 22.7 Å². The average Bonchev–Trinajstić information content (AvgIpc) is 3.67. The van der Waals surface area contributed by atoms with E-state index in [1.54, 1.807) is 39.8 Å². The van der Waals surface area contributed by atoms with Crippen LogP contribution in [-0.4, -0.2) is 155 Å². The van der Waals surface area contributed by atoms with E-state index >= 15 is 0 Å². The Morgan fingerprint density at radius 3 is 1.41 bits per heavy atom. The number of likely N-dealkylation sites (tertiary alicyclic amines) is 2. The van der Waals surface area contributed by atoms with Crippen LogP contribution in [0.25, 0.3) is 0 Å². The number of esters is 2. The Kier molecular flexibility index (Phi) is 14.2. The minimum Gasteiger partial charge on any atom is -0.477 e. The predicted molar refractivity (Wildman–Crippen MR) is 290 cm³/mol. The van der Waals surface area contributed by atoms with Crippen LogP contribution < -0.4 is 29.6 Å². The van der Waals surface area contributed by atoms with Crippen LogP contribution in [0, 0.1) is 22.7 Å². The van der Waals surface area contributed by atoms with Crippen molar-refractivity contribution in [3.05, 3.63) is 46.5 Å². The van der Waals surface area contributed by atoms with Crippen LogP contribution in [-0.2, 0) is 66.8 Å². The zero-order valence-corrected chi connectivity index (χ0v) is 47.3. The number of rotatable bonds is 24. The molecule has 0 radical (unpaired) electrons. The third-order valence-electron chi connectivity index (χ3n) is 20.3. The first-order valence-electron chi connectivity index (χ1n) is 29.8. The van der Waals surface area contributed by atoms with Gasteiger partial charge in [-0.15, -0.1) is 0 Å². The summed E-state index contributed by atoms with van der Waals surface area (Å²) in [4.78, 5) is 111. The van der Waals surface area contributed by atoms with Crippen molar-refractivity contribution in [3.8, 4) is 23.0 Å². The third kappa shape index (κ3) is 9.52. The Labute approximate surface area is 472 Å². The number of amides is 2. The number of benzene rings is 2. The highest BCUT2D eigenvalue weighted by atomic mass is 16.6. The number of hydrogen-bond donors (Lipinski definition) is 4. The Morgan fingerprint density at radius 1 is 0.605 bits per heavy atom. The normalized spacial score (nSPS) is 30.3. The molecule has 12 rings (SSSR count). The van der Waals surface area contributed by atoms with Gasteiger partial charge in [0.15, 0.2) is 46.8 Å². The van der Waals surface area contributed by atoms with Gasteiger partial charge in [-0.1, -0.05) is 12.1 Å². The highest BCUT2D eigenvalue weighted by Crippen LogP contribution is 2.67. The highest BCUT2D eigenvalue weighted by Gasteiger charge is 2.75. The molecule has 4 bridgehead atoms. The molecule has 10 aliphatic rings. The summed E-state index contributed by atoms with van der Waals surface area (Å²) < 4.78 is 30.4. The molecule has 6 fully saturated rings. The molecule has 19 nitrogen and oxygen atoms in total. The Bertz CT molecular complexity index is 2790. The van der Waals surface area contributed by atoms with Gasteiger partial charge in [-0.2, -0.15) is 0 Å². The van der Waals surface area contributed by atoms with Crippen molar-refractivity contribution in [2.45, 2.75) is 190 Å². The van der Waals surface area contributed by atoms with Crippen molar-refractivity contribution in [3.63, 3.8) is 0 Å². The van der Waals surface area contributed by atoms with Crippen LogP contribution in [0.5, 0.6) is 23.0 Å². The Hall–Kier alpha value is -5.60. The van der Waals surface area contributed by atoms with Gasteiger partial charge in [0.05, 0.1) is 46.1 Å². The fraction of sp³-hybridized carbons (Fsp3) is 0.677. The van der Waals surface area contributed by atoms with E-state index in [9.17, 15) is 48.6 Å². The van der Waals surface area contributed by atoms with Crippen LogP contribution in [0.2, 0.25) is 0 Å². The molecule has 2 spiro atoms. The van der Waals surface area contributed by atoms with Crippen LogP contribution in [0.15, 0.2) is 24.3 Å². The fourth-order valence-electron chi connectivity index (χ4n) is 15.8. The zero-order valence-electron chi connectivity index (χ0n) is 47.3. The molecule has 4 N–H and O–H groups in total.